The smallest absolute Gasteiger partial charge is 0.128 e. The molecule has 0 nitrogen and oxygen atoms in total. The summed E-state index contributed by atoms with van der Waals surface area (Å²) in [5.74, 6) is -0.0405. The van der Waals surface area contributed by atoms with Crippen molar-refractivity contribution in [1.29, 1.82) is 0 Å². The third-order valence-electron chi connectivity index (χ3n) is 1.88. The molecule has 2 aromatic rings. The molecule has 0 spiro atoms. The molecule has 68 valence electrons. The second-order valence-corrected chi connectivity index (χ2v) is 4.79. The van der Waals surface area contributed by atoms with Crippen LogP contribution in [-0.4, -0.2) is 0 Å². The lowest BCUT2D eigenvalue weighted by atomic mass is 10.1. The topological polar surface area (TPSA) is 0 Å². The number of rotatable bonds is 1. The minimum atomic E-state index is -0.242. The molecule has 0 saturated carbocycles. The van der Waals surface area contributed by atoms with Crippen LogP contribution in [-0.2, 0) is 5.88 Å². The van der Waals surface area contributed by atoms with Crippen LogP contribution < -0.4 is 0 Å². The maximum atomic E-state index is 13.2. The highest BCUT2D eigenvalue weighted by Crippen LogP contribution is 2.32. The third kappa shape index (κ3) is 1.56. The summed E-state index contributed by atoms with van der Waals surface area (Å²) in [5.41, 5.74) is 0.565. The van der Waals surface area contributed by atoms with Crippen molar-refractivity contribution in [1.82, 2.24) is 0 Å². The molecule has 0 aliphatic carbocycles. The zero-order valence-corrected chi connectivity index (χ0v) is 9.02. The summed E-state index contributed by atoms with van der Waals surface area (Å²) in [6, 6.07) is 5.05. The van der Waals surface area contributed by atoms with E-state index in [1.807, 2.05) is 6.07 Å². The lowest BCUT2D eigenvalue weighted by Crippen LogP contribution is -1.85. The molecule has 13 heavy (non-hydrogen) atoms. The average molecular weight is 233 g/mol. The fraction of sp³-hybridized carbons (Fsp3) is 0.111. The van der Waals surface area contributed by atoms with E-state index in [0.29, 0.717) is 5.56 Å². The molecule has 1 aromatic heterocycles. The van der Waals surface area contributed by atoms with E-state index in [0.717, 1.165) is 14.3 Å². The fourth-order valence-corrected chi connectivity index (χ4v) is 2.79. The Labute approximate surface area is 89.7 Å². The van der Waals surface area contributed by atoms with E-state index in [-0.39, 0.29) is 11.7 Å². The first-order valence-electron chi connectivity index (χ1n) is 3.68. The Hall–Kier alpha value is -0.250. The minimum absolute atomic E-state index is 0.202. The summed E-state index contributed by atoms with van der Waals surface area (Å²) in [5, 5.41) is 0.880. The summed E-state index contributed by atoms with van der Waals surface area (Å²) in [6.45, 7) is 0. The van der Waals surface area contributed by atoms with Gasteiger partial charge in [-0.25, -0.2) is 4.39 Å². The molecule has 0 fully saturated rings. The van der Waals surface area contributed by atoms with Crippen LogP contribution in [0.3, 0.4) is 0 Å². The molecule has 0 aliphatic rings. The Morgan fingerprint density at radius 3 is 2.92 bits per heavy atom. The van der Waals surface area contributed by atoms with Gasteiger partial charge in [0.15, 0.2) is 0 Å². The number of fused-ring (bicyclic) bond motifs is 1. The van der Waals surface area contributed by atoms with Crippen molar-refractivity contribution in [3.63, 3.8) is 0 Å². The summed E-state index contributed by atoms with van der Waals surface area (Å²) in [6.07, 6.45) is 0. The first-order chi connectivity index (χ1) is 6.22. The van der Waals surface area contributed by atoms with Gasteiger partial charge < -0.3 is 0 Å². The zero-order valence-electron chi connectivity index (χ0n) is 6.55. The Morgan fingerprint density at radius 2 is 2.23 bits per heavy atom. The maximum Gasteiger partial charge on any atom is 0.128 e. The number of alkyl halides is 1. The van der Waals surface area contributed by atoms with E-state index in [9.17, 15) is 4.39 Å². The predicted molar refractivity (Wildman–Crippen MR) is 58.6 cm³/mol. The highest BCUT2D eigenvalue weighted by atomic mass is 35.5. The van der Waals surface area contributed by atoms with Crippen molar-refractivity contribution < 1.29 is 4.39 Å². The van der Waals surface area contributed by atoms with Crippen molar-refractivity contribution in [2.45, 2.75) is 10.1 Å². The van der Waals surface area contributed by atoms with Crippen LogP contribution in [0.25, 0.3) is 10.1 Å². The molecule has 0 radical (unpaired) electrons. The normalized spacial score (nSPS) is 11.0. The second-order valence-electron chi connectivity index (χ2n) is 2.66. The molecule has 0 unspecified atom stereocenters. The van der Waals surface area contributed by atoms with Gasteiger partial charge in [0, 0.05) is 15.6 Å². The van der Waals surface area contributed by atoms with Crippen LogP contribution in [0.15, 0.2) is 22.4 Å². The first-order valence-corrected chi connectivity index (χ1v) is 5.48. The molecular formula is C9H6ClFS2. The number of benzene rings is 1. The van der Waals surface area contributed by atoms with Crippen molar-refractivity contribution in [3.05, 3.63) is 29.6 Å². The van der Waals surface area contributed by atoms with Gasteiger partial charge in [-0.15, -0.1) is 35.6 Å². The van der Waals surface area contributed by atoms with E-state index >= 15 is 0 Å². The molecular weight excluding hydrogens is 227 g/mol. The molecule has 0 amide bonds. The van der Waals surface area contributed by atoms with Crippen molar-refractivity contribution >= 4 is 45.7 Å². The van der Waals surface area contributed by atoms with E-state index in [2.05, 4.69) is 12.6 Å². The monoisotopic (exact) mass is 232 g/mol. The first kappa shape index (κ1) is 9.31. The molecule has 0 atom stereocenters. The fourth-order valence-electron chi connectivity index (χ4n) is 1.27. The van der Waals surface area contributed by atoms with E-state index in [4.69, 9.17) is 11.6 Å². The lowest BCUT2D eigenvalue weighted by Gasteiger charge is -1.99. The van der Waals surface area contributed by atoms with Crippen LogP contribution in [0.1, 0.15) is 5.56 Å². The summed E-state index contributed by atoms with van der Waals surface area (Å²) < 4.78 is 15.1. The summed E-state index contributed by atoms with van der Waals surface area (Å²) in [4.78, 5) is 0. The summed E-state index contributed by atoms with van der Waals surface area (Å²) >= 11 is 11.4. The van der Waals surface area contributed by atoms with Crippen molar-refractivity contribution in [2.24, 2.45) is 0 Å². The number of hydrogen-bond donors (Lipinski definition) is 1. The molecule has 0 saturated heterocycles. The van der Waals surface area contributed by atoms with Gasteiger partial charge in [-0.05, 0) is 18.2 Å². The van der Waals surface area contributed by atoms with Crippen molar-refractivity contribution in [3.8, 4) is 0 Å². The third-order valence-corrected chi connectivity index (χ3v) is 3.45. The zero-order chi connectivity index (χ0) is 9.42. The Kier molecular flexibility index (Phi) is 2.49. The highest BCUT2D eigenvalue weighted by molar-refractivity contribution is 7.83. The molecule has 0 bridgehead atoms. The average Bonchev–Trinajstić information content (AvgIpc) is 2.45. The van der Waals surface area contributed by atoms with Gasteiger partial charge in [0.1, 0.15) is 5.82 Å². The molecule has 1 aromatic carbocycles. The number of hydrogen-bond acceptors (Lipinski definition) is 2. The van der Waals surface area contributed by atoms with Crippen LogP contribution in [0.4, 0.5) is 4.39 Å². The van der Waals surface area contributed by atoms with Gasteiger partial charge in [0.05, 0.1) is 10.1 Å². The van der Waals surface area contributed by atoms with E-state index < -0.39 is 0 Å². The summed E-state index contributed by atoms with van der Waals surface area (Å²) in [7, 11) is 0. The quantitative estimate of drug-likeness (QED) is 0.556. The van der Waals surface area contributed by atoms with Crippen LogP contribution in [0.2, 0.25) is 0 Å². The Morgan fingerprint density at radius 1 is 1.46 bits per heavy atom. The second kappa shape index (κ2) is 3.48. The maximum absolute atomic E-state index is 13.2. The van der Waals surface area contributed by atoms with Crippen LogP contribution >= 0.6 is 35.6 Å². The predicted octanol–water partition coefficient (Wildman–Crippen LogP) is 4.07. The lowest BCUT2D eigenvalue weighted by molar-refractivity contribution is 0.619. The number of halogens is 2. The number of thiophene rings is 1. The standard InChI is InChI=1S/C9H6ClFS2/c10-4-6-5-3-9(12)13-8(5)2-1-7(6)11/h1-3,12H,4H2. The highest BCUT2D eigenvalue weighted by Gasteiger charge is 2.08. The van der Waals surface area contributed by atoms with Crippen molar-refractivity contribution in [2.75, 3.05) is 0 Å². The van der Waals surface area contributed by atoms with Gasteiger partial charge in [0.2, 0.25) is 0 Å². The number of thiol groups is 1. The molecule has 2 rings (SSSR count). The molecule has 1 heterocycles. The van der Waals surface area contributed by atoms with Gasteiger partial charge >= 0.3 is 0 Å². The van der Waals surface area contributed by atoms with Gasteiger partial charge in [-0.3, -0.25) is 0 Å². The molecule has 0 N–H and O–H groups in total. The van der Waals surface area contributed by atoms with Crippen LogP contribution in [0, 0.1) is 5.82 Å². The SMILES string of the molecule is Fc1ccc2sc(S)cc2c1CCl. The van der Waals surface area contributed by atoms with E-state index in [1.54, 1.807) is 6.07 Å². The van der Waals surface area contributed by atoms with Crippen LogP contribution in [0.5, 0.6) is 0 Å². The van der Waals surface area contributed by atoms with Gasteiger partial charge in [0.25, 0.3) is 0 Å². The molecule has 4 heteroatoms. The Balaban J connectivity index is 2.82. The molecule has 0 aliphatic heterocycles. The van der Waals surface area contributed by atoms with Gasteiger partial charge in [-0.1, -0.05) is 0 Å². The van der Waals surface area contributed by atoms with Gasteiger partial charge in [-0.2, -0.15) is 0 Å². The largest absolute Gasteiger partial charge is 0.207 e. The minimum Gasteiger partial charge on any atom is -0.207 e. The Bertz CT molecular complexity index is 450. The van der Waals surface area contributed by atoms with E-state index in [1.165, 1.54) is 17.4 Å².